The molecule has 0 fully saturated rings. The van der Waals surface area contributed by atoms with Crippen molar-refractivity contribution in [2.75, 3.05) is 0 Å². The summed E-state index contributed by atoms with van der Waals surface area (Å²) >= 11 is 9.55. The third kappa shape index (κ3) is 6.28. The highest BCUT2D eigenvalue weighted by atomic mass is 32.1. The van der Waals surface area contributed by atoms with Gasteiger partial charge in [0.2, 0.25) is 12.4 Å². The summed E-state index contributed by atoms with van der Waals surface area (Å²) in [5.41, 5.74) is 4.68. The van der Waals surface area contributed by atoms with Gasteiger partial charge in [0.1, 0.15) is 0 Å². The second kappa shape index (κ2) is 10.2. The summed E-state index contributed by atoms with van der Waals surface area (Å²) in [5, 5.41) is 10.5. The summed E-state index contributed by atoms with van der Waals surface area (Å²) in [5.74, 6) is 0. The van der Waals surface area contributed by atoms with Gasteiger partial charge >= 0.3 is 5.66 Å². The maximum absolute atomic E-state index is 5.26. The second-order valence-corrected chi connectivity index (χ2v) is 14.2. The van der Waals surface area contributed by atoms with E-state index in [1.54, 1.807) is 0 Å². The normalized spacial score (nSPS) is 20.5. The Morgan fingerprint density at radius 2 is 0.973 bits per heavy atom. The third-order valence-electron chi connectivity index (χ3n) is 6.81. The van der Waals surface area contributed by atoms with Crippen LogP contribution in [0.25, 0.3) is 0 Å². The Kier molecular flexibility index (Phi) is 7.66. The first kappa shape index (κ1) is 27.8. The number of hydrogen-bond acceptors (Lipinski definition) is 4. The Morgan fingerprint density at radius 1 is 0.622 bits per heavy atom. The molecular weight excluding hydrogens is 493 g/mol. The van der Waals surface area contributed by atoms with Crippen LogP contribution in [0.3, 0.4) is 0 Å². The Balaban J connectivity index is 1.78. The van der Waals surface area contributed by atoms with E-state index >= 15 is 0 Å². The van der Waals surface area contributed by atoms with E-state index < -0.39 is 5.66 Å². The summed E-state index contributed by atoms with van der Waals surface area (Å²) in [4.78, 5) is 1.94. The summed E-state index contributed by atoms with van der Waals surface area (Å²) in [6.45, 7) is 18.1. The molecule has 0 saturated heterocycles. The highest BCUT2D eigenvalue weighted by Crippen LogP contribution is 2.44. The molecule has 4 nitrogen and oxygen atoms in total. The van der Waals surface area contributed by atoms with Crippen LogP contribution in [-0.2, 0) is 0 Å². The molecule has 0 radical (unpaired) electrons. The Bertz CT molecular complexity index is 1200. The Hall–Kier alpha value is -2.18. The van der Waals surface area contributed by atoms with Crippen molar-refractivity contribution in [1.82, 2.24) is 0 Å². The average Bonchev–Trinajstić information content (AvgIpc) is 3.37. The van der Waals surface area contributed by atoms with Crippen molar-refractivity contribution in [1.29, 1.82) is 0 Å². The van der Waals surface area contributed by atoms with Crippen molar-refractivity contribution in [3.8, 4) is 0 Å². The van der Waals surface area contributed by atoms with Gasteiger partial charge in [-0.15, -0.1) is 25.3 Å². The van der Waals surface area contributed by atoms with Gasteiger partial charge in [0.15, 0.2) is 12.1 Å². The second-order valence-electron chi connectivity index (χ2n) is 13.2. The average molecular weight is 535 g/mol. The lowest BCUT2D eigenvalue weighted by atomic mass is 9.84. The van der Waals surface area contributed by atoms with Gasteiger partial charge in [-0.25, -0.2) is 0 Å². The Labute approximate surface area is 234 Å². The van der Waals surface area contributed by atoms with Gasteiger partial charge in [0.05, 0.1) is 13.8 Å². The first-order chi connectivity index (χ1) is 17.2. The van der Waals surface area contributed by atoms with Gasteiger partial charge in [-0.1, -0.05) is 77.9 Å². The molecule has 2 aromatic carbocycles. The van der Waals surface area contributed by atoms with Crippen LogP contribution in [0.1, 0.15) is 91.4 Å². The minimum atomic E-state index is -0.493. The number of nitrogens with zero attached hydrogens (tertiary/aromatic N) is 4. The van der Waals surface area contributed by atoms with Crippen LogP contribution in [-0.4, -0.2) is 15.1 Å². The number of hydrogen-bond donors (Lipinski definition) is 2. The smallest absolute Gasteiger partial charge is 0.143 e. The molecular formula is C31H42N4S2+2. The van der Waals surface area contributed by atoms with Crippen LogP contribution < -0.4 is 0 Å². The molecule has 0 aliphatic carbocycles. The Morgan fingerprint density at radius 3 is 1.30 bits per heavy atom. The lowest BCUT2D eigenvalue weighted by molar-refractivity contribution is -0.820. The summed E-state index contributed by atoms with van der Waals surface area (Å²) in [6, 6.07) is 16.5. The molecule has 0 spiro atoms. The van der Waals surface area contributed by atoms with E-state index in [9.17, 15) is 0 Å². The lowest BCUT2D eigenvalue weighted by Crippen LogP contribution is -2.40. The molecule has 0 aromatic heterocycles. The summed E-state index contributed by atoms with van der Waals surface area (Å²) in [6.07, 6.45) is 6.38. The first-order valence-corrected chi connectivity index (χ1v) is 14.0. The molecule has 2 aromatic rings. The number of rotatable bonds is 6. The highest BCUT2D eigenvalue weighted by Gasteiger charge is 2.52. The van der Waals surface area contributed by atoms with Crippen molar-refractivity contribution in [2.24, 2.45) is 21.1 Å². The largest absolute Gasteiger partial charge is 0.401 e. The quantitative estimate of drug-likeness (QED) is 0.273. The maximum atomic E-state index is 5.26. The van der Waals surface area contributed by atoms with Crippen molar-refractivity contribution in [3.63, 3.8) is 0 Å². The molecule has 2 aliphatic heterocycles. The van der Waals surface area contributed by atoms with Gasteiger partial charge in [-0.2, -0.15) is 0 Å². The summed E-state index contributed by atoms with van der Waals surface area (Å²) < 4.78 is 4.23. The van der Waals surface area contributed by atoms with Crippen molar-refractivity contribution in [2.45, 2.75) is 95.8 Å². The van der Waals surface area contributed by atoms with E-state index in [1.165, 1.54) is 11.1 Å². The van der Waals surface area contributed by atoms with Crippen LogP contribution in [0.5, 0.6) is 0 Å². The van der Waals surface area contributed by atoms with Gasteiger partial charge in [0.25, 0.3) is 0 Å². The number of thiol groups is 2. The van der Waals surface area contributed by atoms with E-state index in [4.69, 9.17) is 35.5 Å². The molecule has 6 heteroatoms. The third-order valence-corrected chi connectivity index (χ3v) is 7.63. The zero-order valence-electron chi connectivity index (χ0n) is 23.5. The van der Waals surface area contributed by atoms with Crippen molar-refractivity contribution >= 4 is 25.3 Å². The van der Waals surface area contributed by atoms with Crippen LogP contribution in [0.4, 0.5) is 0 Å². The monoisotopic (exact) mass is 534 g/mol. The standard InChI is InChI=1S/C31H40N4S2/c1-29(2,3)17-21-19-34(32-27(21)23-13-9-11-15-25(23)36)31(7,8)35-20-22(18-30(4,5)6)28(33-35)24-14-10-12-16-26(24)37/h9-16,19-20,27-28H,17-18H2,1-8H3/p+2. The van der Waals surface area contributed by atoms with Crippen molar-refractivity contribution in [3.05, 3.63) is 83.2 Å². The van der Waals surface area contributed by atoms with Crippen LogP contribution >= 0.6 is 25.3 Å². The molecule has 4 rings (SSSR count). The summed E-state index contributed by atoms with van der Waals surface area (Å²) in [7, 11) is 0. The molecule has 2 aliphatic rings. The van der Waals surface area contributed by atoms with E-state index in [2.05, 4.69) is 101 Å². The zero-order valence-corrected chi connectivity index (χ0v) is 25.3. The predicted molar refractivity (Wildman–Crippen MR) is 157 cm³/mol. The fraction of sp³-hybridized carbons (Fsp3) is 0.484. The predicted octanol–water partition coefficient (Wildman–Crippen LogP) is 9.38. The molecule has 0 amide bonds. The van der Waals surface area contributed by atoms with Gasteiger partial charge in [0, 0.05) is 32.1 Å². The van der Waals surface area contributed by atoms with Gasteiger partial charge in [-0.05, 0) is 55.4 Å². The number of azo groups is 4. The molecule has 0 bridgehead atoms. The van der Waals surface area contributed by atoms with Crippen LogP contribution in [0, 0.1) is 10.8 Å². The van der Waals surface area contributed by atoms with Crippen LogP contribution in [0.15, 0.2) is 92.1 Å². The fourth-order valence-electron chi connectivity index (χ4n) is 5.09. The van der Waals surface area contributed by atoms with Gasteiger partial charge < -0.3 is 0 Å². The maximum Gasteiger partial charge on any atom is 0.401 e. The molecule has 0 saturated carbocycles. The lowest BCUT2D eigenvalue weighted by Gasteiger charge is -2.20. The number of benzene rings is 2. The highest BCUT2D eigenvalue weighted by molar-refractivity contribution is 7.80. The molecule has 2 heterocycles. The van der Waals surface area contributed by atoms with Gasteiger partial charge in [-0.3, -0.25) is 0 Å². The minimum absolute atomic E-state index is 0.0539. The molecule has 196 valence electrons. The topological polar surface area (TPSA) is 30.7 Å². The molecule has 37 heavy (non-hydrogen) atoms. The van der Waals surface area contributed by atoms with Crippen molar-refractivity contribution < 1.29 is 9.39 Å². The van der Waals surface area contributed by atoms with E-state index in [0.717, 1.165) is 33.8 Å². The molecule has 2 unspecified atom stereocenters. The SMILES string of the molecule is CC(C)(C)CC1=C[N+](C(C)(C)[N+]2=NC(c3ccccc3S)C(CC(C)(C)C)=C2)=NC1c1ccccc1S. The van der Waals surface area contributed by atoms with E-state index in [0.29, 0.717) is 0 Å². The molecule has 2 atom stereocenters. The molecule has 0 N–H and O–H groups in total. The minimum Gasteiger partial charge on any atom is -0.143 e. The fourth-order valence-corrected chi connectivity index (χ4v) is 5.66. The van der Waals surface area contributed by atoms with E-state index in [1.807, 2.05) is 24.3 Å². The van der Waals surface area contributed by atoms with Crippen LogP contribution in [0.2, 0.25) is 0 Å². The van der Waals surface area contributed by atoms with E-state index in [-0.39, 0.29) is 22.9 Å². The first-order valence-electron chi connectivity index (χ1n) is 13.1. The zero-order chi connectivity index (χ0) is 27.2.